The third-order valence-corrected chi connectivity index (χ3v) is 2.66. The molecule has 0 unspecified atom stereocenters. The van der Waals surface area contributed by atoms with Crippen molar-refractivity contribution in [2.75, 3.05) is 6.54 Å². The van der Waals surface area contributed by atoms with Gasteiger partial charge in [-0.2, -0.15) is 0 Å². The first-order valence-electron chi connectivity index (χ1n) is 7.47. The van der Waals surface area contributed by atoms with Crippen molar-refractivity contribution in [3.05, 3.63) is 35.9 Å². The first kappa shape index (κ1) is 19.3. The van der Waals surface area contributed by atoms with Crippen LogP contribution in [0.25, 0.3) is 0 Å². The maximum absolute atomic E-state index is 11.3. The number of amides is 1. The van der Waals surface area contributed by atoms with Gasteiger partial charge in [-0.05, 0) is 12.1 Å². The summed E-state index contributed by atoms with van der Waals surface area (Å²) in [6.07, 6.45) is 0. The summed E-state index contributed by atoms with van der Waals surface area (Å²) >= 11 is 0. The number of carbonyl (C=O) groups excluding carboxylic acids is 2. The molecule has 0 atom stereocenters. The second-order valence-corrected chi connectivity index (χ2v) is 5.40. The summed E-state index contributed by atoms with van der Waals surface area (Å²) in [5, 5.41) is 5.80. The lowest BCUT2D eigenvalue weighted by Crippen LogP contribution is -2.33. The second-order valence-electron chi connectivity index (χ2n) is 5.40. The molecule has 0 bridgehead atoms. The highest BCUT2D eigenvalue weighted by Crippen LogP contribution is 1.98. The molecular formula is C17H28N2O2. The van der Waals surface area contributed by atoms with Gasteiger partial charge in [0, 0.05) is 18.5 Å². The van der Waals surface area contributed by atoms with Crippen LogP contribution in [0.4, 0.5) is 0 Å². The molecule has 0 aromatic heterocycles. The fourth-order valence-electron chi connectivity index (χ4n) is 1.54. The Morgan fingerprint density at radius 2 is 1.62 bits per heavy atom. The first-order valence-corrected chi connectivity index (χ1v) is 7.47. The zero-order valence-corrected chi connectivity index (χ0v) is 13.8. The van der Waals surface area contributed by atoms with Crippen LogP contribution in [0.15, 0.2) is 30.3 Å². The van der Waals surface area contributed by atoms with Crippen molar-refractivity contribution in [3.63, 3.8) is 0 Å². The Morgan fingerprint density at radius 1 is 1.05 bits per heavy atom. The van der Waals surface area contributed by atoms with Gasteiger partial charge in [0.2, 0.25) is 5.78 Å². The first-order chi connectivity index (χ1) is 9.88. The smallest absolute Gasteiger partial charge is 0.287 e. The van der Waals surface area contributed by atoms with E-state index >= 15 is 0 Å². The molecule has 4 nitrogen and oxygen atoms in total. The van der Waals surface area contributed by atoms with E-state index in [1.165, 1.54) is 0 Å². The van der Waals surface area contributed by atoms with E-state index in [4.69, 9.17) is 0 Å². The van der Waals surface area contributed by atoms with Gasteiger partial charge in [0.25, 0.3) is 5.91 Å². The van der Waals surface area contributed by atoms with Gasteiger partial charge in [-0.15, -0.1) is 0 Å². The average molecular weight is 292 g/mol. The minimum atomic E-state index is -0.506. The standard InChI is InChI=1S/C12H15NO2.C5H13N/c1-9(2)11(14)12(15)13-8-10-6-4-3-5-7-10;1-4-6-5(2)3/h3-7,9H,8H2,1-2H3,(H,13,15);5-6H,4H2,1-3H3. The van der Waals surface area contributed by atoms with Crippen molar-refractivity contribution < 1.29 is 9.59 Å². The van der Waals surface area contributed by atoms with Gasteiger partial charge in [0.05, 0.1) is 0 Å². The molecule has 4 heteroatoms. The molecule has 0 heterocycles. The number of hydrogen-bond acceptors (Lipinski definition) is 3. The van der Waals surface area contributed by atoms with Gasteiger partial charge in [-0.25, -0.2) is 0 Å². The third kappa shape index (κ3) is 9.79. The molecule has 1 rings (SSSR count). The van der Waals surface area contributed by atoms with Gasteiger partial charge < -0.3 is 10.6 Å². The fraction of sp³-hybridized carbons (Fsp3) is 0.529. The molecule has 0 aliphatic rings. The van der Waals surface area contributed by atoms with Gasteiger partial charge in [0.1, 0.15) is 0 Å². The topological polar surface area (TPSA) is 58.2 Å². The van der Waals surface area contributed by atoms with Crippen molar-refractivity contribution in [1.82, 2.24) is 10.6 Å². The number of hydrogen-bond donors (Lipinski definition) is 2. The molecule has 118 valence electrons. The van der Waals surface area contributed by atoms with Gasteiger partial charge in [-0.3, -0.25) is 9.59 Å². The average Bonchev–Trinajstić information content (AvgIpc) is 2.45. The normalized spacial score (nSPS) is 10.0. The lowest BCUT2D eigenvalue weighted by molar-refractivity contribution is -0.139. The zero-order chi connectivity index (χ0) is 16.3. The van der Waals surface area contributed by atoms with Gasteiger partial charge >= 0.3 is 0 Å². The lowest BCUT2D eigenvalue weighted by atomic mass is 10.1. The highest BCUT2D eigenvalue weighted by molar-refractivity contribution is 6.36. The third-order valence-electron chi connectivity index (χ3n) is 2.66. The number of benzene rings is 1. The van der Waals surface area contributed by atoms with E-state index < -0.39 is 5.91 Å². The van der Waals surface area contributed by atoms with E-state index in [1.807, 2.05) is 30.3 Å². The highest BCUT2D eigenvalue weighted by Gasteiger charge is 2.16. The lowest BCUT2D eigenvalue weighted by Gasteiger charge is -2.05. The van der Waals surface area contributed by atoms with Crippen LogP contribution >= 0.6 is 0 Å². The van der Waals surface area contributed by atoms with Crippen molar-refractivity contribution in [1.29, 1.82) is 0 Å². The second kappa shape index (κ2) is 11.0. The monoisotopic (exact) mass is 292 g/mol. The number of rotatable bonds is 6. The molecule has 0 fully saturated rings. The summed E-state index contributed by atoms with van der Waals surface area (Å²) in [6.45, 7) is 11.3. The van der Waals surface area contributed by atoms with Crippen LogP contribution in [0.2, 0.25) is 0 Å². The highest BCUT2D eigenvalue weighted by atomic mass is 16.2. The molecule has 0 radical (unpaired) electrons. The molecule has 1 amide bonds. The van der Waals surface area contributed by atoms with Crippen LogP contribution in [0.5, 0.6) is 0 Å². The predicted molar refractivity (Wildman–Crippen MR) is 86.9 cm³/mol. The van der Waals surface area contributed by atoms with E-state index in [2.05, 4.69) is 31.4 Å². The number of Topliss-reactive ketones (excluding diaryl/α,β-unsaturated/α-hetero) is 1. The molecule has 0 spiro atoms. The molecule has 21 heavy (non-hydrogen) atoms. The fourth-order valence-corrected chi connectivity index (χ4v) is 1.54. The Morgan fingerprint density at radius 3 is 2.00 bits per heavy atom. The van der Waals surface area contributed by atoms with Gasteiger partial charge in [-0.1, -0.05) is 65.0 Å². The summed E-state index contributed by atoms with van der Waals surface area (Å²) in [4.78, 5) is 22.5. The number of carbonyl (C=O) groups is 2. The summed E-state index contributed by atoms with van der Waals surface area (Å²) < 4.78 is 0. The SMILES string of the molecule is CC(C)C(=O)C(=O)NCc1ccccc1.CCNC(C)C. The van der Waals surface area contributed by atoms with Gasteiger partial charge in [0.15, 0.2) is 0 Å². The van der Waals surface area contributed by atoms with Crippen molar-refractivity contribution >= 4 is 11.7 Å². The van der Waals surface area contributed by atoms with Crippen LogP contribution in [0.3, 0.4) is 0 Å². The van der Waals surface area contributed by atoms with E-state index in [0.717, 1.165) is 12.1 Å². The quantitative estimate of drug-likeness (QED) is 0.792. The van der Waals surface area contributed by atoms with E-state index in [-0.39, 0.29) is 11.7 Å². The number of nitrogens with one attached hydrogen (secondary N) is 2. The van der Waals surface area contributed by atoms with Crippen molar-refractivity contribution in [2.45, 2.75) is 47.2 Å². The van der Waals surface area contributed by atoms with E-state index in [9.17, 15) is 9.59 Å². The summed E-state index contributed by atoms with van der Waals surface area (Å²) in [5.41, 5.74) is 0.988. The number of ketones is 1. The molecule has 0 saturated heterocycles. The predicted octanol–water partition coefficient (Wildman–Crippen LogP) is 2.53. The Kier molecular flexibility index (Phi) is 10.1. The van der Waals surface area contributed by atoms with Crippen LogP contribution in [0, 0.1) is 5.92 Å². The largest absolute Gasteiger partial charge is 0.345 e. The van der Waals surface area contributed by atoms with Crippen LogP contribution in [0.1, 0.15) is 40.2 Å². The molecule has 1 aromatic rings. The maximum Gasteiger partial charge on any atom is 0.287 e. The zero-order valence-electron chi connectivity index (χ0n) is 13.8. The Bertz CT molecular complexity index is 414. The van der Waals surface area contributed by atoms with Crippen LogP contribution < -0.4 is 10.6 Å². The molecule has 0 aliphatic heterocycles. The minimum Gasteiger partial charge on any atom is -0.345 e. The summed E-state index contributed by atoms with van der Waals surface area (Å²) in [7, 11) is 0. The van der Waals surface area contributed by atoms with E-state index in [0.29, 0.717) is 12.6 Å². The Labute approximate surface area is 128 Å². The minimum absolute atomic E-state index is 0.249. The molecular weight excluding hydrogens is 264 g/mol. The van der Waals surface area contributed by atoms with E-state index in [1.54, 1.807) is 13.8 Å². The van der Waals surface area contributed by atoms with Crippen molar-refractivity contribution in [2.24, 2.45) is 5.92 Å². The van der Waals surface area contributed by atoms with Crippen LogP contribution in [-0.4, -0.2) is 24.3 Å². The van der Waals surface area contributed by atoms with Crippen LogP contribution in [-0.2, 0) is 16.1 Å². The maximum atomic E-state index is 11.3. The Hall–Kier alpha value is -1.68. The Balaban J connectivity index is 0.000000567. The summed E-state index contributed by atoms with van der Waals surface area (Å²) in [5.74, 6) is -1.12. The molecule has 0 saturated carbocycles. The summed E-state index contributed by atoms with van der Waals surface area (Å²) in [6, 6.07) is 10.2. The molecule has 0 aliphatic carbocycles. The molecule has 2 N–H and O–H groups in total. The van der Waals surface area contributed by atoms with Crippen molar-refractivity contribution in [3.8, 4) is 0 Å². The molecule has 1 aromatic carbocycles.